The minimum Gasteiger partial charge on any atom is -0.485 e. The highest BCUT2D eigenvalue weighted by Gasteiger charge is 2.10. The van der Waals surface area contributed by atoms with Crippen LogP contribution < -0.4 is 4.74 Å². The van der Waals surface area contributed by atoms with Crippen molar-refractivity contribution in [3.8, 4) is 5.75 Å². The number of benzene rings is 2. The minimum atomic E-state index is -0.0465. The van der Waals surface area contributed by atoms with E-state index in [1.54, 1.807) is 6.07 Å². The van der Waals surface area contributed by atoms with E-state index in [9.17, 15) is 4.79 Å². The van der Waals surface area contributed by atoms with Gasteiger partial charge in [-0.25, -0.2) is 0 Å². The van der Waals surface area contributed by atoms with E-state index >= 15 is 0 Å². The van der Waals surface area contributed by atoms with Gasteiger partial charge in [-0.2, -0.15) is 0 Å². The average Bonchev–Trinajstić information content (AvgIpc) is 2.38. The van der Waals surface area contributed by atoms with Crippen LogP contribution in [0.3, 0.4) is 0 Å². The molecule has 0 N–H and O–H groups in total. The highest BCUT2D eigenvalue weighted by Crippen LogP contribution is 2.23. The first-order chi connectivity index (χ1) is 9.08. The van der Waals surface area contributed by atoms with Crippen LogP contribution >= 0.6 is 31.9 Å². The summed E-state index contributed by atoms with van der Waals surface area (Å²) in [6, 6.07) is 13.0. The van der Waals surface area contributed by atoms with Gasteiger partial charge in [-0.05, 0) is 36.8 Å². The van der Waals surface area contributed by atoms with Crippen molar-refractivity contribution in [2.24, 2.45) is 0 Å². The molecule has 2 nitrogen and oxygen atoms in total. The zero-order valence-corrected chi connectivity index (χ0v) is 13.5. The molecule has 0 fully saturated rings. The molecule has 0 amide bonds. The summed E-state index contributed by atoms with van der Waals surface area (Å²) in [5.74, 6) is 0.679. The molecule has 0 spiro atoms. The number of rotatable bonds is 4. The SMILES string of the molecule is Cc1cc(Br)ccc1OCC(=O)c1ccccc1Br. The lowest BCUT2D eigenvalue weighted by Crippen LogP contribution is -2.12. The van der Waals surface area contributed by atoms with E-state index in [1.165, 1.54) is 0 Å². The Bertz CT molecular complexity index is 609. The third-order valence-corrected chi connectivity index (χ3v) is 3.85. The van der Waals surface area contributed by atoms with Gasteiger partial charge in [-0.3, -0.25) is 4.79 Å². The Morgan fingerprint density at radius 2 is 1.89 bits per heavy atom. The summed E-state index contributed by atoms with van der Waals surface area (Å²) in [4.78, 5) is 12.1. The molecular weight excluding hydrogens is 372 g/mol. The normalized spacial score (nSPS) is 10.3. The van der Waals surface area contributed by atoms with Crippen molar-refractivity contribution in [3.63, 3.8) is 0 Å². The van der Waals surface area contributed by atoms with Gasteiger partial charge >= 0.3 is 0 Å². The maximum absolute atomic E-state index is 12.1. The highest BCUT2D eigenvalue weighted by molar-refractivity contribution is 9.10. The van der Waals surface area contributed by atoms with Crippen LogP contribution in [0, 0.1) is 6.92 Å². The summed E-state index contributed by atoms with van der Waals surface area (Å²) < 4.78 is 7.35. The third-order valence-electron chi connectivity index (χ3n) is 2.67. The second-order valence-corrected chi connectivity index (χ2v) is 5.87. The van der Waals surface area contributed by atoms with E-state index in [-0.39, 0.29) is 12.4 Å². The topological polar surface area (TPSA) is 26.3 Å². The predicted octanol–water partition coefficient (Wildman–Crippen LogP) is 4.78. The van der Waals surface area contributed by atoms with E-state index in [0.717, 1.165) is 20.3 Å². The van der Waals surface area contributed by atoms with Crippen LogP contribution in [0.5, 0.6) is 5.75 Å². The molecular formula is C15H12Br2O2. The van der Waals surface area contributed by atoms with Crippen LogP contribution in [0.15, 0.2) is 51.4 Å². The van der Waals surface area contributed by atoms with Crippen LogP contribution in [0.4, 0.5) is 0 Å². The second kappa shape index (κ2) is 6.35. The number of aryl methyl sites for hydroxylation is 1. The Labute approximate surface area is 129 Å². The molecule has 19 heavy (non-hydrogen) atoms. The van der Waals surface area contributed by atoms with Crippen molar-refractivity contribution in [1.29, 1.82) is 0 Å². The molecule has 0 aliphatic heterocycles. The number of ketones is 1. The minimum absolute atomic E-state index is 0.0328. The van der Waals surface area contributed by atoms with E-state index in [0.29, 0.717) is 5.56 Å². The van der Waals surface area contributed by atoms with Gasteiger partial charge in [-0.1, -0.05) is 50.1 Å². The zero-order valence-electron chi connectivity index (χ0n) is 10.3. The predicted molar refractivity (Wildman–Crippen MR) is 82.8 cm³/mol. The number of Topliss-reactive ketones (excluding diaryl/α,β-unsaturated/α-hetero) is 1. The molecule has 0 saturated heterocycles. The molecule has 2 rings (SSSR count). The molecule has 0 atom stereocenters. The van der Waals surface area contributed by atoms with Crippen molar-refractivity contribution < 1.29 is 9.53 Å². The monoisotopic (exact) mass is 382 g/mol. The molecule has 0 aromatic heterocycles. The number of ether oxygens (including phenoxy) is 1. The molecule has 0 bridgehead atoms. The quantitative estimate of drug-likeness (QED) is 0.710. The van der Waals surface area contributed by atoms with Crippen molar-refractivity contribution in [1.82, 2.24) is 0 Å². The standard InChI is InChI=1S/C15H12Br2O2/c1-10-8-11(16)6-7-15(10)19-9-14(18)12-4-2-3-5-13(12)17/h2-8H,9H2,1H3. The van der Waals surface area contributed by atoms with Crippen molar-refractivity contribution >= 4 is 37.6 Å². The first-order valence-electron chi connectivity index (χ1n) is 5.74. The Kier molecular flexibility index (Phi) is 4.77. The lowest BCUT2D eigenvalue weighted by atomic mass is 10.1. The largest absolute Gasteiger partial charge is 0.485 e. The zero-order chi connectivity index (χ0) is 13.8. The van der Waals surface area contributed by atoms with Gasteiger partial charge in [0.15, 0.2) is 6.61 Å². The highest BCUT2D eigenvalue weighted by atomic mass is 79.9. The number of hydrogen-bond donors (Lipinski definition) is 0. The molecule has 0 aliphatic carbocycles. The molecule has 4 heteroatoms. The van der Waals surface area contributed by atoms with Gasteiger partial charge in [0.05, 0.1) is 0 Å². The number of halogens is 2. The first-order valence-corrected chi connectivity index (χ1v) is 7.33. The Morgan fingerprint density at radius 1 is 1.16 bits per heavy atom. The van der Waals surface area contributed by atoms with Gasteiger partial charge in [0.1, 0.15) is 5.75 Å². The van der Waals surface area contributed by atoms with Crippen LogP contribution in [-0.4, -0.2) is 12.4 Å². The molecule has 2 aromatic carbocycles. The smallest absolute Gasteiger partial charge is 0.201 e. The summed E-state index contributed by atoms with van der Waals surface area (Å²) in [7, 11) is 0. The fraction of sp³-hybridized carbons (Fsp3) is 0.133. The van der Waals surface area contributed by atoms with Gasteiger partial charge < -0.3 is 4.74 Å². The van der Waals surface area contributed by atoms with Crippen LogP contribution in [0.25, 0.3) is 0 Å². The fourth-order valence-electron chi connectivity index (χ4n) is 1.68. The van der Waals surface area contributed by atoms with Gasteiger partial charge in [0.25, 0.3) is 0 Å². The summed E-state index contributed by atoms with van der Waals surface area (Å²) in [5.41, 5.74) is 1.63. The molecule has 0 aliphatic rings. The Hall–Kier alpha value is -1.13. The van der Waals surface area contributed by atoms with Crippen LogP contribution in [0.2, 0.25) is 0 Å². The average molecular weight is 384 g/mol. The summed E-state index contributed by atoms with van der Waals surface area (Å²) in [6.45, 7) is 1.98. The summed E-state index contributed by atoms with van der Waals surface area (Å²) in [6.07, 6.45) is 0. The van der Waals surface area contributed by atoms with Crippen molar-refractivity contribution in [2.45, 2.75) is 6.92 Å². The third kappa shape index (κ3) is 3.67. The number of carbonyl (C=O) groups is 1. The van der Waals surface area contributed by atoms with E-state index < -0.39 is 0 Å². The van der Waals surface area contributed by atoms with E-state index in [1.807, 2.05) is 43.3 Å². The molecule has 0 heterocycles. The van der Waals surface area contributed by atoms with Crippen LogP contribution in [-0.2, 0) is 0 Å². The second-order valence-electron chi connectivity index (χ2n) is 4.10. The lowest BCUT2D eigenvalue weighted by Gasteiger charge is -2.09. The van der Waals surface area contributed by atoms with Crippen molar-refractivity contribution in [3.05, 3.63) is 62.5 Å². The maximum Gasteiger partial charge on any atom is 0.201 e. The number of carbonyl (C=O) groups excluding carboxylic acids is 1. The van der Waals surface area contributed by atoms with E-state index in [4.69, 9.17) is 4.74 Å². The first kappa shape index (κ1) is 14.3. The molecule has 0 radical (unpaired) electrons. The Morgan fingerprint density at radius 3 is 2.58 bits per heavy atom. The van der Waals surface area contributed by atoms with E-state index in [2.05, 4.69) is 31.9 Å². The van der Waals surface area contributed by atoms with Crippen molar-refractivity contribution in [2.75, 3.05) is 6.61 Å². The lowest BCUT2D eigenvalue weighted by molar-refractivity contribution is 0.0920. The van der Waals surface area contributed by atoms with Crippen LogP contribution in [0.1, 0.15) is 15.9 Å². The summed E-state index contributed by atoms with van der Waals surface area (Å²) in [5, 5.41) is 0. The molecule has 0 unspecified atom stereocenters. The maximum atomic E-state index is 12.1. The molecule has 2 aromatic rings. The van der Waals surface area contributed by atoms with Gasteiger partial charge in [0, 0.05) is 14.5 Å². The number of hydrogen-bond acceptors (Lipinski definition) is 2. The van der Waals surface area contributed by atoms with Gasteiger partial charge in [-0.15, -0.1) is 0 Å². The fourth-order valence-corrected chi connectivity index (χ4v) is 2.66. The Balaban J connectivity index is 2.07. The summed E-state index contributed by atoms with van der Waals surface area (Å²) >= 11 is 6.76. The molecule has 0 saturated carbocycles. The van der Waals surface area contributed by atoms with Gasteiger partial charge in [0.2, 0.25) is 5.78 Å². The molecule has 98 valence electrons.